The van der Waals surface area contributed by atoms with Crippen LogP contribution in [-0.2, 0) is 42.4 Å². The van der Waals surface area contributed by atoms with Crippen LogP contribution in [0.5, 0.6) is 0 Å². The van der Waals surface area contributed by atoms with Crippen molar-refractivity contribution in [1.29, 1.82) is 0 Å². The highest BCUT2D eigenvalue weighted by atomic mass is 16.7. The summed E-state index contributed by atoms with van der Waals surface area (Å²) in [7, 11) is -0.790. The van der Waals surface area contributed by atoms with Gasteiger partial charge in [0.25, 0.3) is 0 Å². The van der Waals surface area contributed by atoms with E-state index in [1.807, 2.05) is 20.8 Å². The number of rotatable bonds is 24. The first-order chi connectivity index (χ1) is 13.8. The standard InChI is InChI=1S/C18H39BO9/c1-4-20-7-10-23-13-16-26-19(27-17-14-24-11-8-21-5-2)28-18-15-25-12-9-22-6-3/h4-18H2,1-3H3. The molecule has 0 aliphatic rings. The summed E-state index contributed by atoms with van der Waals surface area (Å²) in [6.45, 7) is 13.6. The molecule has 0 N–H and O–H groups in total. The second kappa shape index (κ2) is 24.7. The van der Waals surface area contributed by atoms with Gasteiger partial charge in [0.05, 0.1) is 79.3 Å². The average Bonchev–Trinajstić information content (AvgIpc) is 2.71. The quantitative estimate of drug-likeness (QED) is 0.172. The third-order valence-corrected chi connectivity index (χ3v) is 3.17. The van der Waals surface area contributed by atoms with Crippen molar-refractivity contribution >= 4 is 7.32 Å². The molecule has 0 aromatic heterocycles. The zero-order valence-corrected chi connectivity index (χ0v) is 17.9. The van der Waals surface area contributed by atoms with Crippen LogP contribution in [0.25, 0.3) is 0 Å². The van der Waals surface area contributed by atoms with Gasteiger partial charge < -0.3 is 42.4 Å². The zero-order valence-electron chi connectivity index (χ0n) is 17.9. The second-order valence-electron chi connectivity index (χ2n) is 5.33. The maximum atomic E-state index is 5.57. The monoisotopic (exact) mass is 410 g/mol. The summed E-state index contributed by atoms with van der Waals surface area (Å²) >= 11 is 0. The molecule has 28 heavy (non-hydrogen) atoms. The average molecular weight is 410 g/mol. The van der Waals surface area contributed by atoms with Gasteiger partial charge in [-0.1, -0.05) is 0 Å². The number of hydrogen-bond donors (Lipinski definition) is 0. The molecule has 0 saturated heterocycles. The van der Waals surface area contributed by atoms with Crippen LogP contribution in [0.15, 0.2) is 0 Å². The highest BCUT2D eigenvalue weighted by Crippen LogP contribution is 1.95. The lowest BCUT2D eigenvalue weighted by Crippen LogP contribution is -2.32. The van der Waals surface area contributed by atoms with E-state index in [0.29, 0.717) is 99.1 Å². The van der Waals surface area contributed by atoms with E-state index in [1.165, 1.54) is 0 Å². The van der Waals surface area contributed by atoms with E-state index >= 15 is 0 Å². The van der Waals surface area contributed by atoms with Crippen LogP contribution < -0.4 is 0 Å². The van der Waals surface area contributed by atoms with Gasteiger partial charge in [-0.25, -0.2) is 0 Å². The van der Waals surface area contributed by atoms with Gasteiger partial charge in [-0.2, -0.15) is 0 Å². The van der Waals surface area contributed by atoms with Crippen molar-refractivity contribution in [2.24, 2.45) is 0 Å². The van der Waals surface area contributed by atoms with E-state index in [1.54, 1.807) is 0 Å². The minimum Gasteiger partial charge on any atom is -0.383 e. The fraction of sp³-hybridized carbons (Fsp3) is 1.00. The Morgan fingerprint density at radius 2 is 0.607 bits per heavy atom. The van der Waals surface area contributed by atoms with Crippen LogP contribution in [0.1, 0.15) is 20.8 Å². The molecule has 0 heterocycles. The lowest BCUT2D eigenvalue weighted by Gasteiger charge is -2.15. The molecule has 0 aromatic carbocycles. The van der Waals surface area contributed by atoms with Gasteiger partial charge in [-0.3, -0.25) is 0 Å². The topological polar surface area (TPSA) is 83.1 Å². The fourth-order valence-electron chi connectivity index (χ4n) is 1.85. The summed E-state index contributed by atoms with van der Waals surface area (Å²) in [6.07, 6.45) is 0. The summed E-state index contributed by atoms with van der Waals surface area (Å²) in [5.41, 5.74) is 0. The van der Waals surface area contributed by atoms with Gasteiger partial charge in [0.2, 0.25) is 0 Å². The first kappa shape index (κ1) is 27.7. The molecular weight excluding hydrogens is 371 g/mol. The Labute approximate surface area is 170 Å². The van der Waals surface area contributed by atoms with Gasteiger partial charge in [-0.05, 0) is 20.8 Å². The molecule has 0 aliphatic carbocycles. The Morgan fingerprint density at radius 3 is 0.893 bits per heavy atom. The van der Waals surface area contributed by atoms with Gasteiger partial charge in [-0.15, -0.1) is 0 Å². The molecule has 10 heteroatoms. The predicted octanol–water partition coefficient (Wildman–Crippen LogP) is 1.18. The predicted molar refractivity (Wildman–Crippen MR) is 106 cm³/mol. The van der Waals surface area contributed by atoms with E-state index in [4.69, 9.17) is 42.4 Å². The van der Waals surface area contributed by atoms with Crippen LogP contribution in [0.3, 0.4) is 0 Å². The Balaban J connectivity index is 3.80. The molecule has 0 spiro atoms. The fourth-order valence-corrected chi connectivity index (χ4v) is 1.85. The van der Waals surface area contributed by atoms with Crippen molar-refractivity contribution < 1.29 is 42.4 Å². The molecule has 0 aromatic rings. The Bertz CT molecular complexity index is 245. The molecule has 168 valence electrons. The van der Waals surface area contributed by atoms with E-state index < -0.39 is 7.32 Å². The van der Waals surface area contributed by atoms with E-state index in [2.05, 4.69) is 0 Å². The Kier molecular flexibility index (Phi) is 24.5. The highest BCUT2D eigenvalue weighted by Gasteiger charge is 2.21. The SMILES string of the molecule is CCOCCOCCOB(OCCOCCOCC)OCCOCCOCC. The number of hydrogen-bond acceptors (Lipinski definition) is 9. The van der Waals surface area contributed by atoms with Gasteiger partial charge in [0.1, 0.15) is 0 Å². The highest BCUT2D eigenvalue weighted by molar-refractivity contribution is 6.36. The van der Waals surface area contributed by atoms with Crippen molar-refractivity contribution in [2.45, 2.75) is 20.8 Å². The third-order valence-electron chi connectivity index (χ3n) is 3.17. The Morgan fingerprint density at radius 1 is 0.357 bits per heavy atom. The molecule has 0 atom stereocenters. The minimum atomic E-state index is -0.790. The summed E-state index contributed by atoms with van der Waals surface area (Å²) in [6, 6.07) is 0. The van der Waals surface area contributed by atoms with Crippen molar-refractivity contribution in [1.82, 2.24) is 0 Å². The van der Waals surface area contributed by atoms with Crippen LogP contribution >= 0.6 is 0 Å². The first-order valence-corrected chi connectivity index (χ1v) is 10.2. The van der Waals surface area contributed by atoms with E-state index in [9.17, 15) is 0 Å². The zero-order chi connectivity index (χ0) is 20.5. The minimum absolute atomic E-state index is 0.354. The van der Waals surface area contributed by atoms with Crippen LogP contribution in [0.4, 0.5) is 0 Å². The first-order valence-electron chi connectivity index (χ1n) is 10.2. The van der Waals surface area contributed by atoms with Crippen LogP contribution in [0.2, 0.25) is 0 Å². The van der Waals surface area contributed by atoms with Gasteiger partial charge in [0, 0.05) is 19.8 Å². The molecular formula is C18H39BO9. The number of ether oxygens (including phenoxy) is 6. The maximum absolute atomic E-state index is 5.57. The van der Waals surface area contributed by atoms with Crippen LogP contribution in [-0.4, -0.2) is 106 Å². The Hall–Kier alpha value is -0.295. The second-order valence-corrected chi connectivity index (χ2v) is 5.33. The molecule has 0 unspecified atom stereocenters. The van der Waals surface area contributed by atoms with E-state index in [-0.39, 0.29) is 0 Å². The van der Waals surface area contributed by atoms with Crippen molar-refractivity contribution in [3.63, 3.8) is 0 Å². The van der Waals surface area contributed by atoms with Gasteiger partial charge >= 0.3 is 7.32 Å². The largest absolute Gasteiger partial charge is 0.639 e. The van der Waals surface area contributed by atoms with Crippen molar-refractivity contribution in [3.05, 3.63) is 0 Å². The lowest BCUT2D eigenvalue weighted by molar-refractivity contribution is -0.000905. The molecule has 0 rings (SSSR count). The molecule has 9 nitrogen and oxygen atoms in total. The molecule has 0 bridgehead atoms. The third kappa shape index (κ3) is 22.0. The smallest absolute Gasteiger partial charge is 0.383 e. The molecule has 0 aliphatic heterocycles. The molecule has 0 saturated carbocycles. The van der Waals surface area contributed by atoms with Crippen molar-refractivity contribution in [2.75, 3.05) is 99.1 Å². The van der Waals surface area contributed by atoms with Crippen LogP contribution in [0, 0.1) is 0 Å². The summed E-state index contributed by atoms with van der Waals surface area (Å²) in [5.74, 6) is 0. The van der Waals surface area contributed by atoms with Crippen molar-refractivity contribution in [3.8, 4) is 0 Å². The van der Waals surface area contributed by atoms with E-state index in [0.717, 1.165) is 0 Å². The summed E-state index contributed by atoms with van der Waals surface area (Å²) < 4.78 is 48.5. The maximum Gasteiger partial charge on any atom is 0.639 e. The summed E-state index contributed by atoms with van der Waals surface area (Å²) in [5, 5.41) is 0. The molecule has 0 radical (unpaired) electrons. The van der Waals surface area contributed by atoms with Gasteiger partial charge in [0.15, 0.2) is 0 Å². The molecule has 0 amide bonds. The summed E-state index contributed by atoms with van der Waals surface area (Å²) in [4.78, 5) is 0. The lowest BCUT2D eigenvalue weighted by atomic mass is 10.2. The normalized spacial score (nSPS) is 11.2. The molecule has 0 fully saturated rings.